The smallest absolute Gasteiger partial charge is 0.258 e. The molecule has 2 amide bonds. The molecule has 0 spiro atoms. The quantitative estimate of drug-likeness (QED) is 0.761. The minimum Gasteiger partial charge on any atom is -0.289 e. The van der Waals surface area contributed by atoms with Gasteiger partial charge >= 0.3 is 0 Å². The van der Waals surface area contributed by atoms with Gasteiger partial charge in [-0.25, -0.2) is 0 Å². The zero-order valence-corrected chi connectivity index (χ0v) is 9.33. The van der Waals surface area contributed by atoms with Gasteiger partial charge in [0.05, 0.1) is 5.57 Å². The largest absolute Gasteiger partial charge is 0.289 e. The van der Waals surface area contributed by atoms with Crippen LogP contribution in [0.25, 0.3) is 5.57 Å². The predicted octanol–water partition coefficient (Wildman–Crippen LogP) is 1.60. The molecule has 0 aromatic heterocycles. The van der Waals surface area contributed by atoms with Crippen LogP contribution in [0.2, 0.25) is 0 Å². The highest BCUT2D eigenvalue weighted by Crippen LogP contribution is 2.26. The normalized spacial score (nSPS) is 15.0. The Kier molecular flexibility index (Phi) is 2.60. The van der Waals surface area contributed by atoms with Gasteiger partial charge in [0, 0.05) is 6.08 Å². The highest BCUT2D eigenvalue weighted by molar-refractivity contribution is 6.33. The Bertz CT molecular complexity index is 501. The lowest BCUT2D eigenvalue weighted by Crippen LogP contribution is -2.22. The second-order valence-electron chi connectivity index (χ2n) is 3.84. The average Bonchev–Trinajstić information content (AvgIpc) is 2.57. The molecule has 0 unspecified atom stereocenters. The highest BCUT2D eigenvalue weighted by atomic mass is 16.2. The number of benzene rings is 1. The Labute approximate surface area is 94.2 Å². The van der Waals surface area contributed by atoms with Crippen LogP contribution in [0, 0.1) is 6.92 Å². The topological polar surface area (TPSA) is 46.2 Å². The summed E-state index contributed by atoms with van der Waals surface area (Å²) in [6.45, 7) is 3.99. The van der Waals surface area contributed by atoms with Gasteiger partial charge in [0.25, 0.3) is 11.8 Å². The maximum Gasteiger partial charge on any atom is 0.258 e. The first-order valence-electron chi connectivity index (χ1n) is 5.29. The molecule has 0 saturated carbocycles. The number of imide groups is 1. The molecule has 2 rings (SSSR count). The standard InChI is InChI=1S/C13H13NO2/c1-3-9-6-4-5-8(2)12(9)10-7-11(15)14-13(10)16/h4-7H,3H2,1-2H3,(H,14,15,16). The third-order valence-corrected chi connectivity index (χ3v) is 2.77. The molecule has 3 nitrogen and oxygen atoms in total. The summed E-state index contributed by atoms with van der Waals surface area (Å²) in [5.74, 6) is -0.626. The van der Waals surface area contributed by atoms with Gasteiger partial charge in [-0.05, 0) is 30.0 Å². The maximum atomic E-state index is 11.6. The van der Waals surface area contributed by atoms with Crippen LogP contribution >= 0.6 is 0 Å². The van der Waals surface area contributed by atoms with Gasteiger partial charge < -0.3 is 0 Å². The SMILES string of the molecule is CCc1cccc(C)c1C1=CC(=O)NC1=O. The molecule has 0 saturated heterocycles. The summed E-state index contributed by atoms with van der Waals surface area (Å²) in [5.41, 5.74) is 3.50. The fraction of sp³-hybridized carbons (Fsp3) is 0.231. The van der Waals surface area contributed by atoms with Crippen molar-refractivity contribution in [2.24, 2.45) is 0 Å². The van der Waals surface area contributed by atoms with Gasteiger partial charge in [0.1, 0.15) is 0 Å². The molecule has 16 heavy (non-hydrogen) atoms. The van der Waals surface area contributed by atoms with Crippen molar-refractivity contribution in [3.8, 4) is 0 Å². The van der Waals surface area contributed by atoms with Crippen molar-refractivity contribution in [1.82, 2.24) is 5.32 Å². The summed E-state index contributed by atoms with van der Waals surface area (Å²) >= 11 is 0. The molecule has 1 aliphatic heterocycles. The van der Waals surface area contributed by atoms with Crippen LogP contribution < -0.4 is 5.32 Å². The lowest BCUT2D eigenvalue weighted by molar-refractivity contribution is -0.123. The van der Waals surface area contributed by atoms with E-state index >= 15 is 0 Å². The zero-order chi connectivity index (χ0) is 11.7. The molecule has 1 aromatic carbocycles. The lowest BCUT2D eigenvalue weighted by atomic mass is 9.94. The van der Waals surface area contributed by atoms with Crippen molar-refractivity contribution in [2.75, 3.05) is 0 Å². The zero-order valence-electron chi connectivity index (χ0n) is 9.33. The van der Waals surface area contributed by atoms with Crippen molar-refractivity contribution in [3.63, 3.8) is 0 Å². The molecule has 0 aliphatic carbocycles. The Morgan fingerprint density at radius 2 is 2.00 bits per heavy atom. The van der Waals surface area contributed by atoms with Gasteiger partial charge in [0.15, 0.2) is 0 Å². The third-order valence-electron chi connectivity index (χ3n) is 2.77. The van der Waals surface area contributed by atoms with E-state index < -0.39 is 0 Å². The van der Waals surface area contributed by atoms with Crippen LogP contribution in [-0.4, -0.2) is 11.8 Å². The van der Waals surface area contributed by atoms with Crippen LogP contribution in [0.1, 0.15) is 23.6 Å². The molecule has 82 valence electrons. The number of amides is 2. The molecule has 0 fully saturated rings. The highest BCUT2D eigenvalue weighted by Gasteiger charge is 2.24. The van der Waals surface area contributed by atoms with Gasteiger partial charge in [-0.2, -0.15) is 0 Å². The maximum absolute atomic E-state index is 11.6. The first kappa shape index (κ1) is 10.6. The molecule has 1 aliphatic rings. The molecule has 0 radical (unpaired) electrons. The first-order chi connectivity index (χ1) is 7.63. The summed E-state index contributed by atoms with van der Waals surface area (Å²) in [5, 5.41) is 2.27. The van der Waals surface area contributed by atoms with Crippen molar-refractivity contribution in [3.05, 3.63) is 41.0 Å². The Morgan fingerprint density at radius 3 is 2.56 bits per heavy atom. The monoisotopic (exact) mass is 215 g/mol. The molecule has 1 N–H and O–H groups in total. The molecule has 0 bridgehead atoms. The second-order valence-corrected chi connectivity index (χ2v) is 3.84. The van der Waals surface area contributed by atoms with E-state index in [1.54, 1.807) is 0 Å². The minimum atomic E-state index is -0.328. The predicted molar refractivity (Wildman–Crippen MR) is 61.7 cm³/mol. The first-order valence-corrected chi connectivity index (χ1v) is 5.29. The fourth-order valence-electron chi connectivity index (χ4n) is 2.01. The number of carbonyl (C=O) groups excluding carboxylic acids is 2. The van der Waals surface area contributed by atoms with Crippen molar-refractivity contribution >= 4 is 17.4 Å². The van der Waals surface area contributed by atoms with Gasteiger partial charge in [-0.15, -0.1) is 0 Å². The van der Waals surface area contributed by atoms with Crippen LogP contribution in [0.5, 0.6) is 0 Å². The molecule has 3 heteroatoms. The van der Waals surface area contributed by atoms with E-state index in [9.17, 15) is 9.59 Å². The van der Waals surface area contributed by atoms with E-state index in [0.29, 0.717) is 5.57 Å². The molecule has 1 aromatic rings. The summed E-state index contributed by atoms with van der Waals surface area (Å²) in [7, 11) is 0. The lowest BCUT2D eigenvalue weighted by Gasteiger charge is -2.10. The number of carbonyl (C=O) groups is 2. The number of hydrogen-bond acceptors (Lipinski definition) is 2. The van der Waals surface area contributed by atoms with E-state index in [4.69, 9.17) is 0 Å². The Morgan fingerprint density at radius 1 is 1.25 bits per heavy atom. The van der Waals surface area contributed by atoms with Crippen LogP contribution in [0.4, 0.5) is 0 Å². The summed E-state index contributed by atoms with van der Waals surface area (Å²) in [6.07, 6.45) is 2.22. The van der Waals surface area contributed by atoms with Crippen LogP contribution in [0.3, 0.4) is 0 Å². The number of hydrogen-bond donors (Lipinski definition) is 1. The molecular weight excluding hydrogens is 202 g/mol. The number of rotatable bonds is 2. The Hall–Kier alpha value is -1.90. The van der Waals surface area contributed by atoms with Crippen molar-refractivity contribution in [2.45, 2.75) is 20.3 Å². The molecular formula is C13H13NO2. The van der Waals surface area contributed by atoms with Crippen molar-refractivity contribution in [1.29, 1.82) is 0 Å². The fourth-order valence-corrected chi connectivity index (χ4v) is 2.01. The summed E-state index contributed by atoms with van der Waals surface area (Å²) in [4.78, 5) is 22.7. The van der Waals surface area contributed by atoms with Crippen LogP contribution in [0.15, 0.2) is 24.3 Å². The third kappa shape index (κ3) is 1.65. The summed E-state index contributed by atoms with van der Waals surface area (Å²) < 4.78 is 0. The van der Waals surface area contributed by atoms with Gasteiger partial charge in [0.2, 0.25) is 0 Å². The second kappa shape index (κ2) is 3.93. The average molecular weight is 215 g/mol. The van der Waals surface area contributed by atoms with Crippen LogP contribution in [-0.2, 0) is 16.0 Å². The number of nitrogens with one attached hydrogen (secondary N) is 1. The van der Waals surface area contributed by atoms with Gasteiger partial charge in [-0.3, -0.25) is 14.9 Å². The Balaban J connectivity index is 2.60. The number of aryl methyl sites for hydroxylation is 2. The van der Waals surface area contributed by atoms with E-state index in [1.165, 1.54) is 6.08 Å². The van der Waals surface area contributed by atoms with E-state index in [0.717, 1.165) is 23.1 Å². The van der Waals surface area contributed by atoms with Gasteiger partial charge in [-0.1, -0.05) is 25.1 Å². The molecule has 0 atom stereocenters. The molecule has 1 heterocycles. The van der Waals surface area contributed by atoms with E-state index in [-0.39, 0.29) is 11.8 Å². The summed E-state index contributed by atoms with van der Waals surface area (Å²) in [6, 6.07) is 5.90. The van der Waals surface area contributed by atoms with Crippen molar-refractivity contribution < 1.29 is 9.59 Å². The van der Waals surface area contributed by atoms with E-state index in [2.05, 4.69) is 5.32 Å². The van der Waals surface area contributed by atoms with E-state index in [1.807, 2.05) is 32.0 Å². The minimum absolute atomic E-state index is 0.297.